The van der Waals surface area contributed by atoms with Crippen molar-refractivity contribution in [3.8, 4) is 0 Å². The molecule has 1 heteroatoms. The number of hydrogen-bond acceptors (Lipinski definition) is 0. The first-order valence-corrected chi connectivity index (χ1v) is 4.63. The van der Waals surface area contributed by atoms with Crippen molar-refractivity contribution in [2.45, 2.75) is 46.5 Å². The van der Waals surface area contributed by atoms with Crippen LogP contribution in [0.4, 0.5) is 0 Å². The second-order valence-corrected chi connectivity index (χ2v) is 4.92. The first kappa shape index (κ1) is 12.7. The van der Waals surface area contributed by atoms with Gasteiger partial charge in [-0.25, -0.2) is 6.42 Å². The van der Waals surface area contributed by atoms with E-state index in [1.165, 1.54) is 25.7 Å². The number of rotatable bonds is 0. The van der Waals surface area contributed by atoms with Gasteiger partial charge in [-0.15, -0.1) is 0 Å². The van der Waals surface area contributed by atoms with Crippen LogP contribution in [0.25, 0.3) is 0 Å². The normalized spacial score (nSPS) is 31.0. The van der Waals surface area contributed by atoms with Gasteiger partial charge in [-0.1, -0.05) is 39.0 Å². The second kappa shape index (κ2) is 4.27. The fraction of sp³-hybridized carbons (Fsp3) is 0.818. The first-order chi connectivity index (χ1) is 4.96. The summed E-state index contributed by atoms with van der Waals surface area (Å²) in [7, 11) is 0. The van der Waals surface area contributed by atoms with Crippen LogP contribution in [0.1, 0.15) is 46.5 Å². The predicted molar refractivity (Wildman–Crippen MR) is 50.0 cm³/mol. The maximum Gasteiger partial charge on any atom is 2.00 e. The summed E-state index contributed by atoms with van der Waals surface area (Å²) in [6, 6.07) is 0. The molecule has 0 aliphatic heterocycles. The molecule has 0 spiro atoms. The van der Waals surface area contributed by atoms with E-state index >= 15 is 0 Å². The molecule has 0 aromatic heterocycles. The largest absolute Gasteiger partial charge is 2.00 e. The Morgan fingerprint density at radius 2 is 1.92 bits per heavy atom. The molecule has 0 N–H and O–H groups in total. The van der Waals surface area contributed by atoms with Crippen molar-refractivity contribution in [3.63, 3.8) is 0 Å². The van der Waals surface area contributed by atoms with Crippen molar-refractivity contribution >= 4 is 0 Å². The van der Waals surface area contributed by atoms with E-state index in [1.54, 1.807) is 0 Å². The summed E-state index contributed by atoms with van der Waals surface area (Å²) < 4.78 is 0. The maximum atomic E-state index is 4.37. The zero-order valence-electron chi connectivity index (χ0n) is 8.52. The summed E-state index contributed by atoms with van der Waals surface area (Å²) in [5.41, 5.74) is 0.676. The van der Waals surface area contributed by atoms with Gasteiger partial charge in [0.2, 0.25) is 0 Å². The third-order valence-electron chi connectivity index (χ3n) is 3.19. The Balaban J connectivity index is 0.00000121. The first-order valence-electron chi connectivity index (χ1n) is 4.63. The molecule has 1 aliphatic rings. The Bertz CT molecular complexity index is 126. The zero-order valence-corrected chi connectivity index (χ0v) is 11.5. The molecule has 1 unspecified atom stereocenters. The van der Waals surface area contributed by atoms with Crippen LogP contribution < -0.4 is 0 Å². The van der Waals surface area contributed by atoms with Gasteiger partial charge < -0.3 is 13.3 Å². The molecule has 1 fully saturated rings. The number of hydrogen-bond donors (Lipinski definition) is 0. The maximum absolute atomic E-state index is 4.37. The van der Waals surface area contributed by atoms with Crippen LogP contribution in [-0.4, -0.2) is 0 Å². The topological polar surface area (TPSA) is 0 Å². The van der Waals surface area contributed by atoms with Gasteiger partial charge in [0.25, 0.3) is 0 Å². The minimum atomic E-state index is 0. The SMILES string of the molecule is [CH2-]C1(C(C)(C)C)C[CH-]CCC1.[W+2]. The van der Waals surface area contributed by atoms with Crippen LogP contribution in [-0.2, 0) is 21.1 Å². The van der Waals surface area contributed by atoms with Crippen LogP contribution in [0, 0.1) is 24.2 Å². The van der Waals surface area contributed by atoms with E-state index in [-0.39, 0.29) is 21.1 Å². The van der Waals surface area contributed by atoms with Crippen molar-refractivity contribution < 1.29 is 21.1 Å². The molecule has 0 saturated heterocycles. The molecular formula is C11H20W. The van der Waals surface area contributed by atoms with Gasteiger partial charge in [0.15, 0.2) is 0 Å². The molecule has 12 heavy (non-hydrogen) atoms. The zero-order chi connectivity index (χ0) is 8.54. The average molecular weight is 336 g/mol. The summed E-state index contributed by atoms with van der Waals surface area (Å²) in [5, 5.41) is 0. The Kier molecular flexibility index (Phi) is 4.51. The van der Waals surface area contributed by atoms with Crippen molar-refractivity contribution in [1.82, 2.24) is 0 Å². The van der Waals surface area contributed by atoms with Crippen molar-refractivity contribution in [3.05, 3.63) is 13.3 Å². The van der Waals surface area contributed by atoms with E-state index < -0.39 is 0 Å². The van der Waals surface area contributed by atoms with Crippen LogP contribution in [0.5, 0.6) is 0 Å². The van der Waals surface area contributed by atoms with E-state index in [1.807, 2.05) is 0 Å². The molecule has 1 saturated carbocycles. The van der Waals surface area contributed by atoms with E-state index in [4.69, 9.17) is 0 Å². The molecule has 1 aliphatic carbocycles. The molecule has 0 amide bonds. The van der Waals surface area contributed by atoms with E-state index in [0.29, 0.717) is 10.8 Å². The van der Waals surface area contributed by atoms with Crippen LogP contribution in [0.2, 0.25) is 0 Å². The smallest absolute Gasteiger partial charge is 0.339 e. The molecule has 0 heterocycles. The minimum Gasteiger partial charge on any atom is -0.339 e. The van der Waals surface area contributed by atoms with Gasteiger partial charge >= 0.3 is 21.1 Å². The fourth-order valence-electron chi connectivity index (χ4n) is 1.75. The minimum absolute atomic E-state index is 0. The molecule has 70 valence electrons. The summed E-state index contributed by atoms with van der Waals surface area (Å²) in [6.07, 6.45) is 7.54. The Morgan fingerprint density at radius 3 is 2.17 bits per heavy atom. The third kappa shape index (κ3) is 2.59. The van der Waals surface area contributed by atoms with Crippen LogP contribution in [0.15, 0.2) is 0 Å². The molecule has 0 aromatic carbocycles. The summed E-state index contributed by atoms with van der Waals surface area (Å²) in [5.74, 6) is 0. The molecule has 1 rings (SSSR count). The Morgan fingerprint density at radius 1 is 1.33 bits per heavy atom. The van der Waals surface area contributed by atoms with Gasteiger partial charge in [0.1, 0.15) is 0 Å². The second-order valence-electron chi connectivity index (χ2n) is 4.92. The summed E-state index contributed by atoms with van der Waals surface area (Å²) in [6.45, 7) is 11.3. The monoisotopic (exact) mass is 336 g/mol. The van der Waals surface area contributed by atoms with E-state index in [2.05, 4.69) is 34.1 Å². The van der Waals surface area contributed by atoms with Crippen LogP contribution >= 0.6 is 0 Å². The molecule has 0 bridgehead atoms. The summed E-state index contributed by atoms with van der Waals surface area (Å²) >= 11 is 0. The van der Waals surface area contributed by atoms with Gasteiger partial charge in [0, 0.05) is 0 Å². The standard InChI is InChI=1S/C11H20.W/c1-10(2,3)11(4)8-6-5-7-9-11;/h6H,4-5,7-9H2,1-3H3;/q-2;+2. The third-order valence-corrected chi connectivity index (χ3v) is 3.19. The predicted octanol–water partition coefficient (Wildman–Crippen LogP) is 3.63. The van der Waals surface area contributed by atoms with Crippen LogP contribution in [0.3, 0.4) is 0 Å². The van der Waals surface area contributed by atoms with Crippen molar-refractivity contribution in [2.75, 3.05) is 0 Å². The molecular weight excluding hydrogens is 316 g/mol. The van der Waals surface area contributed by atoms with Crippen molar-refractivity contribution in [2.24, 2.45) is 10.8 Å². The average Bonchev–Trinajstić information content (AvgIpc) is 1.87. The quantitative estimate of drug-likeness (QED) is 0.593. The van der Waals surface area contributed by atoms with Gasteiger partial charge in [-0.3, -0.25) is 0 Å². The Labute approximate surface area is 91.8 Å². The van der Waals surface area contributed by atoms with Crippen molar-refractivity contribution in [1.29, 1.82) is 0 Å². The van der Waals surface area contributed by atoms with Gasteiger partial charge in [0.05, 0.1) is 0 Å². The van der Waals surface area contributed by atoms with Gasteiger partial charge in [-0.2, -0.15) is 11.8 Å². The Hall–Kier alpha value is 0.688. The summed E-state index contributed by atoms with van der Waals surface area (Å²) in [4.78, 5) is 0. The van der Waals surface area contributed by atoms with E-state index in [0.717, 1.165) is 0 Å². The molecule has 0 aromatic rings. The molecule has 0 nitrogen and oxygen atoms in total. The fourth-order valence-corrected chi connectivity index (χ4v) is 1.75. The molecule has 1 atom stereocenters. The van der Waals surface area contributed by atoms with E-state index in [9.17, 15) is 0 Å². The van der Waals surface area contributed by atoms with Gasteiger partial charge in [-0.05, 0) is 0 Å². The molecule has 0 radical (unpaired) electrons.